The molecule has 0 radical (unpaired) electrons. The molecule has 4 aromatic rings. The van der Waals surface area contributed by atoms with Crippen LogP contribution in [0.4, 0.5) is 14.6 Å². The third kappa shape index (κ3) is 5.16. The average Bonchev–Trinajstić information content (AvgIpc) is 3.06. The normalized spacial score (nSPS) is 12.5. The van der Waals surface area contributed by atoms with E-state index >= 15 is 0 Å². The second kappa shape index (κ2) is 9.10. The van der Waals surface area contributed by atoms with Crippen molar-refractivity contribution in [2.75, 3.05) is 5.73 Å². The number of aryl methyl sites for hydroxylation is 2. The van der Waals surface area contributed by atoms with Gasteiger partial charge in [0.05, 0.1) is 17.3 Å². The highest BCUT2D eigenvalue weighted by atomic mass is 19.1. The number of anilines is 1. The second-order valence-electron chi connectivity index (χ2n) is 9.19. The summed E-state index contributed by atoms with van der Waals surface area (Å²) in [4.78, 5) is 4.70. The lowest BCUT2D eigenvalue weighted by Crippen LogP contribution is -2.17. The SMILES string of the molecule is Cc1ccc(-c2ccc(C#CC(C)(C)O)nc2[C@@H](N)Cc2cc(F)cc(F)c2)c2c1c(N)nn2C. The topological polar surface area (TPSA) is 103 Å². The Morgan fingerprint density at radius 1 is 1.09 bits per heavy atom. The van der Waals surface area contributed by atoms with Gasteiger partial charge in [-0.3, -0.25) is 4.68 Å². The van der Waals surface area contributed by atoms with Gasteiger partial charge in [-0.15, -0.1) is 0 Å². The molecular formula is C27H27F2N5O. The maximum Gasteiger partial charge on any atom is 0.153 e. The molecule has 1 atom stereocenters. The fourth-order valence-electron chi connectivity index (χ4n) is 4.18. The van der Waals surface area contributed by atoms with Gasteiger partial charge >= 0.3 is 0 Å². The maximum atomic E-state index is 13.8. The monoisotopic (exact) mass is 475 g/mol. The Morgan fingerprint density at radius 3 is 2.40 bits per heavy atom. The van der Waals surface area contributed by atoms with Crippen LogP contribution in [-0.2, 0) is 13.5 Å². The molecule has 0 bridgehead atoms. The van der Waals surface area contributed by atoms with Crippen LogP contribution in [0.2, 0.25) is 0 Å². The van der Waals surface area contributed by atoms with Gasteiger partial charge in [-0.25, -0.2) is 13.8 Å². The lowest BCUT2D eigenvalue weighted by molar-refractivity contribution is 0.143. The largest absolute Gasteiger partial charge is 0.382 e. The van der Waals surface area contributed by atoms with Crippen LogP contribution in [0.1, 0.15) is 42.4 Å². The number of fused-ring (bicyclic) bond motifs is 1. The van der Waals surface area contributed by atoms with E-state index in [0.29, 0.717) is 22.8 Å². The van der Waals surface area contributed by atoms with Gasteiger partial charge < -0.3 is 16.6 Å². The quantitative estimate of drug-likeness (QED) is 0.385. The van der Waals surface area contributed by atoms with Crippen LogP contribution in [0.25, 0.3) is 22.0 Å². The van der Waals surface area contributed by atoms with E-state index in [4.69, 9.17) is 16.5 Å². The molecule has 0 aliphatic carbocycles. The van der Waals surface area contributed by atoms with Crippen LogP contribution < -0.4 is 11.5 Å². The Hall–Kier alpha value is -3.80. The van der Waals surface area contributed by atoms with E-state index < -0.39 is 23.3 Å². The molecule has 4 rings (SSSR count). The van der Waals surface area contributed by atoms with Crippen molar-refractivity contribution >= 4 is 16.7 Å². The van der Waals surface area contributed by atoms with Gasteiger partial charge in [0.1, 0.15) is 22.9 Å². The van der Waals surface area contributed by atoms with Gasteiger partial charge in [0.2, 0.25) is 0 Å². The summed E-state index contributed by atoms with van der Waals surface area (Å²) >= 11 is 0. The molecule has 5 N–H and O–H groups in total. The summed E-state index contributed by atoms with van der Waals surface area (Å²) in [6, 6.07) is 10.1. The lowest BCUT2D eigenvalue weighted by Gasteiger charge is -2.18. The molecule has 0 saturated heterocycles. The first-order valence-electron chi connectivity index (χ1n) is 11.1. The number of halogens is 2. The molecule has 2 heterocycles. The van der Waals surface area contributed by atoms with Crippen molar-refractivity contribution in [1.29, 1.82) is 0 Å². The number of hydrogen-bond acceptors (Lipinski definition) is 5. The Labute approximate surface area is 202 Å². The molecule has 6 nitrogen and oxygen atoms in total. The Morgan fingerprint density at radius 2 is 1.74 bits per heavy atom. The van der Waals surface area contributed by atoms with E-state index in [0.717, 1.165) is 33.7 Å². The Kier molecular flexibility index (Phi) is 6.32. The number of rotatable bonds is 4. The maximum absolute atomic E-state index is 13.8. The molecule has 0 aliphatic rings. The average molecular weight is 476 g/mol. The van der Waals surface area contributed by atoms with Crippen molar-refractivity contribution in [2.24, 2.45) is 12.8 Å². The minimum Gasteiger partial charge on any atom is -0.382 e. The van der Waals surface area contributed by atoms with E-state index in [1.807, 2.05) is 32.2 Å². The Bertz CT molecular complexity index is 1470. The molecule has 2 aromatic carbocycles. The second-order valence-corrected chi connectivity index (χ2v) is 9.19. The van der Waals surface area contributed by atoms with Crippen LogP contribution in [0.3, 0.4) is 0 Å². The molecule has 180 valence electrons. The summed E-state index contributed by atoms with van der Waals surface area (Å²) < 4.78 is 29.3. The Balaban J connectivity index is 1.90. The third-order valence-electron chi connectivity index (χ3n) is 5.66. The van der Waals surface area contributed by atoms with Crippen molar-refractivity contribution in [1.82, 2.24) is 14.8 Å². The van der Waals surface area contributed by atoms with Crippen molar-refractivity contribution in [3.05, 3.63) is 76.6 Å². The highest BCUT2D eigenvalue weighted by Gasteiger charge is 2.21. The fourth-order valence-corrected chi connectivity index (χ4v) is 4.18. The summed E-state index contributed by atoms with van der Waals surface area (Å²) in [5.74, 6) is 4.71. The van der Waals surface area contributed by atoms with Crippen LogP contribution >= 0.6 is 0 Å². The first-order valence-corrected chi connectivity index (χ1v) is 11.1. The zero-order chi connectivity index (χ0) is 25.5. The number of nitrogens with zero attached hydrogens (tertiary/aromatic N) is 3. The summed E-state index contributed by atoms with van der Waals surface area (Å²) in [6.07, 6.45) is 0.152. The van der Waals surface area contributed by atoms with E-state index in [1.165, 1.54) is 12.1 Å². The standard InChI is InChI=1S/C27H27F2N5O/c1-15-5-7-21(25-23(15)26(31)33-34(25)4)20-8-6-19(9-10-27(2,3)35)32-24(20)22(30)13-16-11-17(28)14-18(29)12-16/h5-8,11-12,14,22,35H,13,30H2,1-4H3,(H2,31,33)/t22-/m0/s1. The summed E-state index contributed by atoms with van der Waals surface area (Å²) in [6.45, 7) is 5.12. The van der Waals surface area contributed by atoms with Crippen molar-refractivity contribution < 1.29 is 13.9 Å². The van der Waals surface area contributed by atoms with E-state index in [1.54, 1.807) is 24.6 Å². The van der Waals surface area contributed by atoms with E-state index in [9.17, 15) is 13.9 Å². The summed E-state index contributed by atoms with van der Waals surface area (Å²) in [5.41, 5.74) is 16.2. The number of nitrogens with two attached hydrogens (primary N) is 2. The zero-order valence-corrected chi connectivity index (χ0v) is 20.0. The highest BCUT2D eigenvalue weighted by molar-refractivity contribution is 6.02. The first kappa shape index (κ1) is 24.3. The van der Waals surface area contributed by atoms with Gasteiger partial charge in [0.15, 0.2) is 5.82 Å². The molecule has 0 fully saturated rings. The highest BCUT2D eigenvalue weighted by Crippen LogP contribution is 2.36. The van der Waals surface area contributed by atoms with E-state index in [-0.39, 0.29) is 6.42 Å². The zero-order valence-electron chi connectivity index (χ0n) is 20.0. The van der Waals surface area contributed by atoms with E-state index in [2.05, 4.69) is 16.9 Å². The predicted octanol–water partition coefficient (Wildman–Crippen LogP) is 4.17. The molecule has 2 aromatic heterocycles. The minimum atomic E-state index is -1.20. The van der Waals surface area contributed by atoms with Crippen molar-refractivity contribution in [3.8, 4) is 23.0 Å². The number of pyridine rings is 1. The van der Waals surface area contributed by atoms with Gasteiger partial charge in [-0.05, 0) is 68.5 Å². The summed E-state index contributed by atoms with van der Waals surface area (Å²) in [5, 5.41) is 15.2. The molecule has 0 amide bonds. The molecule has 0 unspecified atom stereocenters. The molecular weight excluding hydrogens is 448 g/mol. The summed E-state index contributed by atoms with van der Waals surface area (Å²) in [7, 11) is 1.81. The van der Waals surface area contributed by atoms with Crippen LogP contribution in [0.15, 0.2) is 42.5 Å². The van der Waals surface area contributed by atoms with Crippen molar-refractivity contribution in [2.45, 2.75) is 38.8 Å². The van der Waals surface area contributed by atoms with Gasteiger partial charge in [-0.2, -0.15) is 5.10 Å². The first-order chi connectivity index (χ1) is 16.4. The van der Waals surface area contributed by atoms with Gasteiger partial charge in [-0.1, -0.05) is 18.1 Å². The molecule has 0 spiro atoms. The molecule has 0 aliphatic heterocycles. The van der Waals surface area contributed by atoms with Gasteiger partial charge in [0, 0.05) is 29.6 Å². The lowest BCUT2D eigenvalue weighted by atomic mass is 9.93. The number of nitrogen functional groups attached to an aromatic ring is 1. The molecule has 0 saturated carbocycles. The van der Waals surface area contributed by atoms with Crippen LogP contribution in [0, 0.1) is 30.4 Å². The number of benzene rings is 2. The smallest absolute Gasteiger partial charge is 0.153 e. The number of hydrogen-bond donors (Lipinski definition) is 3. The van der Waals surface area contributed by atoms with Gasteiger partial charge in [0.25, 0.3) is 0 Å². The van der Waals surface area contributed by atoms with Crippen LogP contribution in [-0.4, -0.2) is 25.5 Å². The predicted molar refractivity (Wildman–Crippen MR) is 133 cm³/mol. The molecule has 8 heteroatoms. The third-order valence-corrected chi connectivity index (χ3v) is 5.66. The number of aliphatic hydroxyl groups is 1. The minimum absolute atomic E-state index is 0.152. The van der Waals surface area contributed by atoms with Crippen molar-refractivity contribution in [3.63, 3.8) is 0 Å². The molecule has 35 heavy (non-hydrogen) atoms. The number of aromatic nitrogens is 3. The van der Waals surface area contributed by atoms with Crippen LogP contribution in [0.5, 0.6) is 0 Å². The fraction of sp³-hybridized carbons (Fsp3) is 0.259.